The fourth-order valence-electron chi connectivity index (χ4n) is 4.15. The van der Waals surface area contributed by atoms with Gasteiger partial charge in [0.15, 0.2) is 0 Å². The first kappa shape index (κ1) is 25.2. The molecule has 5 unspecified atom stereocenters. The lowest BCUT2D eigenvalue weighted by Crippen LogP contribution is -2.59. The summed E-state index contributed by atoms with van der Waals surface area (Å²) in [5.41, 5.74) is 7.85. The standard InChI is InChI=1S/C23H31N5O6/c1-12(26-21(31)16(24)10-14-11-25-17-7-4-3-6-15(14)17)20(30)27-19(13(2)29)22(32)28-9-5-8-18(28)23(33)34/h3-4,6-7,11-13,16,18-19,25,29H,5,8-10,24H2,1-2H3,(H,26,31)(H,27,30)(H,33,34). The molecule has 1 saturated heterocycles. The number of aromatic amines is 1. The van der Waals surface area contributed by atoms with E-state index in [9.17, 15) is 29.4 Å². The first-order valence-corrected chi connectivity index (χ1v) is 11.2. The Bertz CT molecular complexity index is 1070. The van der Waals surface area contributed by atoms with Crippen molar-refractivity contribution in [3.05, 3.63) is 36.0 Å². The van der Waals surface area contributed by atoms with Gasteiger partial charge in [-0.2, -0.15) is 0 Å². The Balaban J connectivity index is 1.59. The summed E-state index contributed by atoms with van der Waals surface area (Å²) in [6.45, 7) is 2.99. The zero-order chi connectivity index (χ0) is 25.0. The summed E-state index contributed by atoms with van der Waals surface area (Å²) in [4.78, 5) is 53.8. The van der Waals surface area contributed by atoms with Crippen LogP contribution in [-0.2, 0) is 25.6 Å². The summed E-state index contributed by atoms with van der Waals surface area (Å²) in [6.07, 6.45) is 1.60. The Morgan fingerprint density at radius 3 is 2.56 bits per heavy atom. The molecule has 5 atom stereocenters. The Morgan fingerprint density at radius 2 is 1.88 bits per heavy atom. The molecule has 34 heavy (non-hydrogen) atoms. The van der Waals surface area contributed by atoms with Crippen molar-refractivity contribution in [3.8, 4) is 0 Å². The monoisotopic (exact) mass is 473 g/mol. The smallest absolute Gasteiger partial charge is 0.326 e. The number of nitrogens with two attached hydrogens (primary N) is 1. The van der Waals surface area contributed by atoms with Crippen LogP contribution in [0.5, 0.6) is 0 Å². The number of carboxylic acids is 1. The van der Waals surface area contributed by atoms with Crippen LogP contribution in [0, 0.1) is 0 Å². The topological polar surface area (TPSA) is 178 Å². The van der Waals surface area contributed by atoms with E-state index in [-0.39, 0.29) is 13.0 Å². The van der Waals surface area contributed by atoms with Crippen molar-refractivity contribution in [1.29, 1.82) is 0 Å². The molecule has 11 nitrogen and oxygen atoms in total. The number of aromatic nitrogens is 1. The number of nitrogens with one attached hydrogen (secondary N) is 3. The van der Waals surface area contributed by atoms with Crippen LogP contribution in [0.4, 0.5) is 0 Å². The highest BCUT2D eigenvalue weighted by molar-refractivity contribution is 5.94. The number of nitrogens with zero attached hydrogens (tertiary/aromatic N) is 1. The molecule has 0 radical (unpaired) electrons. The van der Waals surface area contributed by atoms with E-state index in [2.05, 4.69) is 15.6 Å². The summed E-state index contributed by atoms with van der Waals surface area (Å²) in [5, 5.41) is 25.3. The number of fused-ring (bicyclic) bond motifs is 1. The number of amides is 3. The van der Waals surface area contributed by atoms with Crippen LogP contribution in [0.25, 0.3) is 10.9 Å². The van der Waals surface area contributed by atoms with Crippen LogP contribution in [0.1, 0.15) is 32.3 Å². The Kier molecular flexibility index (Phi) is 7.90. The molecule has 2 aromatic rings. The number of aliphatic hydroxyl groups is 1. The SMILES string of the molecule is CC(NC(=O)C(N)Cc1c[nH]c2ccccc12)C(=O)NC(C(=O)N1CCCC1C(=O)O)C(C)O. The van der Waals surface area contributed by atoms with Crippen molar-refractivity contribution >= 4 is 34.6 Å². The second kappa shape index (κ2) is 10.7. The molecular formula is C23H31N5O6. The largest absolute Gasteiger partial charge is 0.480 e. The van der Waals surface area contributed by atoms with Gasteiger partial charge in [0.05, 0.1) is 12.1 Å². The third kappa shape index (κ3) is 5.54. The number of carboxylic acid groups (broad SMARTS) is 1. The first-order chi connectivity index (χ1) is 16.1. The van der Waals surface area contributed by atoms with Gasteiger partial charge in [0.25, 0.3) is 0 Å². The Morgan fingerprint density at radius 1 is 1.18 bits per heavy atom. The van der Waals surface area contributed by atoms with Crippen molar-refractivity contribution in [2.24, 2.45) is 5.73 Å². The van der Waals surface area contributed by atoms with Gasteiger partial charge in [-0.25, -0.2) is 4.79 Å². The first-order valence-electron chi connectivity index (χ1n) is 11.2. The number of aliphatic carboxylic acids is 1. The van der Waals surface area contributed by atoms with Crippen molar-refractivity contribution in [3.63, 3.8) is 0 Å². The normalized spacial score (nSPS) is 19.3. The van der Waals surface area contributed by atoms with Crippen molar-refractivity contribution in [2.75, 3.05) is 6.54 Å². The zero-order valence-electron chi connectivity index (χ0n) is 19.2. The maximum Gasteiger partial charge on any atom is 0.326 e. The predicted octanol–water partition coefficient (Wildman–Crippen LogP) is -0.516. The second-order valence-electron chi connectivity index (χ2n) is 8.66. The maximum absolute atomic E-state index is 12.9. The van der Waals surface area contributed by atoms with E-state index in [1.807, 2.05) is 24.3 Å². The third-order valence-electron chi connectivity index (χ3n) is 6.07. The van der Waals surface area contributed by atoms with E-state index >= 15 is 0 Å². The summed E-state index contributed by atoms with van der Waals surface area (Å²) < 4.78 is 0. The molecule has 1 aliphatic heterocycles. The third-order valence-corrected chi connectivity index (χ3v) is 6.07. The van der Waals surface area contributed by atoms with E-state index in [0.717, 1.165) is 21.4 Å². The highest BCUT2D eigenvalue weighted by Crippen LogP contribution is 2.20. The van der Waals surface area contributed by atoms with Crippen LogP contribution in [0.2, 0.25) is 0 Å². The Labute approximate surface area is 196 Å². The van der Waals surface area contributed by atoms with Gasteiger partial charge >= 0.3 is 5.97 Å². The van der Waals surface area contributed by atoms with Gasteiger partial charge in [0, 0.05) is 23.6 Å². The van der Waals surface area contributed by atoms with Crippen LogP contribution >= 0.6 is 0 Å². The number of hydrogen-bond acceptors (Lipinski definition) is 6. The number of H-pyrrole nitrogens is 1. The fraction of sp³-hybridized carbons (Fsp3) is 0.478. The van der Waals surface area contributed by atoms with Gasteiger partial charge in [0.1, 0.15) is 18.1 Å². The lowest BCUT2D eigenvalue weighted by atomic mass is 10.0. The zero-order valence-corrected chi connectivity index (χ0v) is 19.2. The van der Waals surface area contributed by atoms with Gasteiger partial charge in [-0.05, 0) is 44.7 Å². The van der Waals surface area contributed by atoms with E-state index in [4.69, 9.17) is 5.73 Å². The molecule has 0 bridgehead atoms. The van der Waals surface area contributed by atoms with E-state index in [0.29, 0.717) is 12.8 Å². The lowest BCUT2D eigenvalue weighted by molar-refractivity contribution is -0.150. The molecule has 1 aliphatic rings. The number of carbonyl (C=O) groups excluding carboxylic acids is 3. The number of likely N-dealkylation sites (tertiary alicyclic amines) is 1. The minimum atomic E-state index is -1.34. The van der Waals surface area contributed by atoms with Crippen LogP contribution in [-0.4, -0.2) is 80.6 Å². The number of benzene rings is 1. The molecule has 1 fully saturated rings. The summed E-state index contributed by atoms with van der Waals surface area (Å²) in [7, 11) is 0. The minimum Gasteiger partial charge on any atom is -0.480 e. The van der Waals surface area contributed by atoms with E-state index in [1.54, 1.807) is 6.20 Å². The van der Waals surface area contributed by atoms with Gasteiger partial charge in [0.2, 0.25) is 17.7 Å². The molecule has 1 aromatic heterocycles. The number of hydrogen-bond donors (Lipinski definition) is 6. The fourth-order valence-corrected chi connectivity index (χ4v) is 4.15. The van der Waals surface area contributed by atoms with Crippen molar-refractivity contribution in [2.45, 2.75) is 63.4 Å². The average Bonchev–Trinajstić information content (AvgIpc) is 3.44. The van der Waals surface area contributed by atoms with Crippen molar-refractivity contribution < 1.29 is 29.4 Å². The number of aliphatic hydroxyl groups excluding tert-OH is 1. The molecule has 2 heterocycles. The minimum absolute atomic E-state index is 0.226. The highest BCUT2D eigenvalue weighted by Gasteiger charge is 2.39. The number of para-hydroxylation sites is 1. The number of carbonyl (C=O) groups is 4. The van der Waals surface area contributed by atoms with Crippen molar-refractivity contribution in [1.82, 2.24) is 20.5 Å². The quantitative estimate of drug-likeness (QED) is 0.284. The van der Waals surface area contributed by atoms with Gasteiger partial charge in [-0.3, -0.25) is 14.4 Å². The second-order valence-corrected chi connectivity index (χ2v) is 8.66. The molecule has 7 N–H and O–H groups in total. The molecule has 0 aliphatic carbocycles. The van der Waals surface area contributed by atoms with Crippen LogP contribution in [0.15, 0.2) is 30.5 Å². The molecule has 0 saturated carbocycles. The average molecular weight is 474 g/mol. The summed E-state index contributed by atoms with van der Waals surface area (Å²) >= 11 is 0. The van der Waals surface area contributed by atoms with Gasteiger partial charge in [-0.15, -0.1) is 0 Å². The van der Waals surface area contributed by atoms with Gasteiger partial charge < -0.3 is 36.5 Å². The Hall–Kier alpha value is -3.44. The number of rotatable bonds is 9. The maximum atomic E-state index is 12.9. The molecule has 0 spiro atoms. The predicted molar refractivity (Wildman–Crippen MR) is 124 cm³/mol. The van der Waals surface area contributed by atoms with E-state index < -0.39 is 54.0 Å². The summed E-state index contributed by atoms with van der Waals surface area (Å²) in [5.74, 6) is -3.05. The molecule has 184 valence electrons. The van der Waals surface area contributed by atoms with Gasteiger partial charge in [-0.1, -0.05) is 18.2 Å². The summed E-state index contributed by atoms with van der Waals surface area (Å²) in [6, 6.07) is 3.33. The molecular weight excluding hydrogens is 442 g/mol. The molecule has 1 aromatic carbocycles. The molecule has 3 rings (SSSR count). The van der Waals surface area contributed by atoms with Crippen LogP contribution < -0.4 is 16.4 Å². The molecule has 11 heteroatoms. The lowest BCUT2D eigenvalue weighted by Gasteiger charge is -2.29. The van der Waals surface area contributed by atoms with E-state index in [1.165, 1.54) is 13.8 Å². The molecule has 3 amide bonds. The van der Waals surface area contributed by atoms with Crippen LogP contribution in [0.3, 0.4) is 0 Å². The highest BCUT2D eigenvalue weighted by atomic mass is 16.4.